The largest absolute Gasteiger partial charge is 0.361 e. The molecule has 0 aliphatic rings. The third kappa shape index (κ3) is 7.02. The lowest BCUT2D eigenvalue weighted by atomic mass is 10.3. The minimum atomic E-state index is -0.217. The Morgan fingerprint density at radius 3 is 2.83 bits per heavy atom. The number of hydrogen-bond acceptors (Lipinski definition) is 2. The molecule has 0 heterocycles. The summed E-state index contributed by atoms with van der Waals surface area (Å²) in [6.45, 7) is 9.79. The Morgan fingerprint density at radius 1 is 1.67 bits per heavy atom. The molecule has 0 fully saturated rings. The van der Waals surface area contributed by atoms with Crippen LogP contribution < -0.4 is 5.32 Å². The highest BCUT2D eigenvalue weighted by Crippen LogP contribution is 1.93. The lowest BCUT2D eigenvalue weighted by Crippen LogP contribution is -2.24. The number of ether oxygens (including phenoxy) is 1. The maximum absolute atomic E-state index is 10.6. The summed E-state index contributed by atoms with van der Waals surface area (Å²) in [4.78, 5) is 10.6. The zero-order valence-corrected chi connectivity index (χ0v) is 7.43. The number of nitrogens with one attached hydrogen (secondary N) is 1. The fourth-order valence-corrected chi connectivity index (χ4v) is 0.513. The van der Waals surface area contributed by atoms with E-state index in [2.05, 4.69) is 18.5 Å². The lowest BCUT2D eigenvalue weighted by Gasteiger charge is -2.03. The highest BCUT2D eigenvalue weighted by Gasteiger charge is 1.92. The summed E-state index contributed by atoms with van der Waals surface area (Å²) in [5, 5.41) is 2.50. The van der Waals surface area contributed by atoms with E-state index in [1.54, 1.807) is 0 Å². The Morgan fingerprint density at radius 2 is 2.33 bits per heavy atom. The smallest absolute Gasteiger partial charge is 0.245 e. The summed E-state index contributed by atoms with van der Waals surface area (Å²) < 4.78 is 5.08. The van der Waals surface area contributed by atoms with Gasteiger partial charge in [-0.3, -0.25) is 4.79 Å². The van der Waals surface area contributed by atoms with Crippen LogP contribution in [0.5, 0.6) is 0 Å². The molecule has 3 nitrogen and oxygen atoms in total. The normalized spacial score (nSPS) is 9.08. The summed E-state index contributed by atoms with van der Waals surface area (Å²) in [7, 11) is 0. The van der Waals surface area contributed by atoms with Crippen LogP contribution in [0.4, 0.5) is 0 Å². The number of hydrogen-bond donors (Lipinski definition) is 1. The van der Waals surface area contributed by atoms with Crippen molar-refractivity contribution in [3.63, 3.8) is 0 Å². The first kappa shape index (κ1) is 10.9. The van der Waals surface area contributed by atoms with Gasteiger partial charge >= 0.3 is 0 Å². The first-order valence-electron chi connectivity index (χ1n) is 3.79. The predicted molar refractivity (Wildman–Crippen MR) is 48.6 cm³/mol. The van der Waals surface area contributed by atoms with Crippen LogP contribution in [0.2, 0.25) is 0 Å². The lowest BCUT2D eigenvalue weighted by molar-refractivity contribution is -0.118. The number of carbonyl (C=O) groups excluding carboxylic acids is 1. The van der Waals surface area contributed by atoms with Gasteiger partial charge in [0.2, 0.25) is 5.91 Å². The van der Waals surface area contributed by atoms with Crippen LogP contribution >= 0.6 is 0 Å². The molecule has 0 radical (unpaired) electrons. The van der Waals surface area contributed by atoms with E-state index in [1.165, 1.54) is 6.08 Å². The van der Waals surface area contributed by atoms with Crippen LogP contribution in [0.1, 0.15) is 13.3 Å². The maximum atomic E-state index is 10.6. The van der Waals surface area contributed by atoms with Crippen LogP contribution in [0.25, 0.3) is 0 Å². The van der Waals surface area contributed by atoms with Gasteiger partial charge < -0.3 is 10.1 Å². The molecule has 0 saturated carbocycles. The zero-order valence-electron chi connectivity index (χ0n) is 7.43. The summed E-state index contributed by atoms with van der Waals surface area (Å²) in [5.41, 5.74) is 1.07. The van der Waals surface area contributed by atoms with Crippen LogP contribution in [-0.2, 0) is 9.53 Å². The summed E-state index contributed by atoms with van der Waals surface area (Å²) in [6, 6.07) is 0. The summed E-state index contributed by atoms with van der Waals surface area (Å²) in [5.74, 6) is -0.217. The average molecular weight is 169 g/mol. The van der Waals surface area contributed by atoms with Crippen molar-refractivity contribution in [2.24, 2.45) is 0 Å². The van der Waals surface area contributed by atoms with Crippen molar-refractivity contribution < 1.29 is 9.53 Å². The minimum Gasteiger partial charge on any atom is -0.361 e. The standard InChI is InChI=1S/C9H15NO2/c1-4-9(11)10-7-12-6-5-8(2)3/h4H,1-2,5-7H2,3H3,(H,10,11). The van der Waals surface area contributed by atoms with Gasteiger partial charge in [0.15, 0.2) is 0 Å². The highest BCUT2D eigenvalue weighted by atomic mass is 16.5. The average Bonchev–Trinajstić information content (AvgIpc) is 2.03. The Hall–Kier alpha value is -1.09. The molecule has 12 heavy (non-hydrogen) atoms. The zero-order chi connectivity index (χ0) is 9.40. The topological polar surface area (TPSA) is 38.3 Å². The van der Waals surface area contributed by atoms with Gasteiger partial charge in [0.05, 0.1) is 6.61 Å². The van der Waals surface area contributed by atoms with E-state index in [1.807, 2.05) is 6.92 Å². The molecule has 3 heteroatoms. The van der Waals surface area contributed by atoms with Gasteiger partial charge in [-0.05, 0) is 19.4 Å². The van der Waals surface area contributed by atoms with Gasteiger partial charge in [-0.15, -0.1) is 6.58 Å². The van der Waals surface area contributed by atoms with Crippen LogP contribution in [-0.4, -0.2) is 19.2 Å². The van der Waals surface area contributed by atoms with E-state index in [-0.39, 0.29) is 12.6 Å². The predicted octanol–water partition coefficient (Wildman–Crippen LogP) is 1.23. The van der Waals surface area contributed by atoms with Gasteiger partial charge in [-0.1, -0.05) is 12.2 Å². The Kier molecular flexibility index (Phi) is 6.01. The second-order valence-corrected chi connectivity index (χ2v) is 2.50. The van der Waals surface area contributed by atoms with Crippen molar-refractivity contribution in [3.8, 4) is 0 Å². The molecule has 0 aromatic carbocycles. The van der Waals surface area contributed by atoms with E-state index in [9.17, 15) is 4.79 Å². The molecule has 0 saturated heterocycles. The van der Waals surface area contributed by atoms with E-state index in [4.69, 9.17) is 4.74 Å². The fourth-order valence-electron chi connectivity index (χ4n) is 0.513. The molecule has 0 bridgehead atoms. The molecule has 0 atom stereocenters. The van der Waals surface area contributed by atoms with Crippen molar-refractivity contribution in [2.45, 2.75) is 13.3 Å². The first-order chi connectivity index (χ1) is 5.66. The van der Waals surface area contributed by atoms with Gasteiger partial charge in [-0.25, -0.2) is 0 Å². The number of amides is 1. The third-order valence-electron chi connectivity index (χ3n) is 1.21. The van der Waals surface area contributed by atoms with Crippen molar-refractivity contribution >= 4 is 5.91 Å². The monoisotopic (exact) mass is 169 g/mol. The van der Waals surface area contributed by atoms with Gasteiger partial charge in [0, 0.05) is 0 Å². The highest BCUT2D eigenvalue weighted by molar-refractivity contribution is 5.86. The minimum absolute atomic E-state index is 0.217. The Bertz CT molecular complexity index is 175. The Balaban J connectivity index is 3.16. The molecule has 0 aromatic rings. The van der Waals surface area contributed by atoms with Crippen molar-refractivity contribution in [3.05, 3.63) is 24.8 Å². The molecule has 0 aromatic heterocycles. The van der Waals surface area contributed by atoms with E-state index in [0.717, 1.165) is 12.0 Å². The van der Waals surface area contributed by atoms with Crippen molar-refractivity contribution in [1.29, 1.82) is 0 Å². The molecule has 0 rings (SSSR count). The number of rotatable bonds is 6. The second kappa shape index (κ2) is 6.61. The third-order valence-corrected chi connectivity index (χ3v) is 1.21. The quantitative estimate of drug-likeness (QED) is 0.281. The molecule has 0 unspecified atom stereocenters. The molecule has 0 aliphatic carbocycles. The number of carbonyl (C=O) groups is 1. The molecular weight excluding hydrogens is 154 g/mol. The van der Waals surface area contributed by atoms with Crippen LogP contribution in [0, 0.1) is 0 Å². The maximum Gasteiger partial charge on any atom is 0.245 e. The van der Waals surface area contributed by atoms with E-state index in [0.29, 0.717) is 6.61 Å². The second-order valence-electron chi connectivity index (χ2n) is 2.50. The van der Waals surface area contributed by atoms with Gasteiger partial charge in [-0.2, -0.15) is 0 Å². The molecular formula is C9H15NO2. The van der Waals surface area contributed by atoms with Crippen molar-refractivity contribution in [2.75, 3.05) is 13.3 Å². The fraction of sp³-hybridized carbons (Fsp3) is 0.444. The van der Waals surface area contributed by atoms with Gasteiger partial charge in [0.1, 0.15) is 6.73 Å². The summed E-state index contributed by atoms with van der Waals surface area (Å²) >= 11 is 0. The summed E-state index contributed by atoms with van der Waals surface area (Å²) in [6.07, 6.45) is 2.03. The van der Waals surface area contributed by atoms with Gasteiger partial charge in [0.25, 0.3) is 0 Å². The molecule has 0 spiro atoms. The molecule has 0 aliphatic heterocycles. The molecule has 68 valence electrons. The van der Waals surface area contributed by atoms with E-state index < -0.39 is 0 Å². The van der Waals surface area contributed by atoms with E-state index >= 15 is 0 Å². The SMILES string of the molecule is C=CC(=O)NCOCCC(=C)C. The van der Waals surface area contributed by atoms with Crippen LogP contribution in [0.15, 0.2) is 24.8 Å². The van der Waals surface area contributed by atoms with Crippen molar-refractivity contribution in [1.82, 2.24) is 5.32 Å². The first-order valence-corrected chi connectivity index (χ1v) is 3.79. The molecule has 1 amide bonds. The van der Waals surface area contributed by atoms with Crippen LogP contribution in [0.3, 0.4) is 0 Å². The Labute approximate surface area is 73.1 Å². The molecule has 1 N–H and O–H groups in total.